The summed E-state index contributed by atoms with van der Waals surface area (Å²) < 4.78 is 21.3. The maximum atomic E-state index is 13.2. The van der Waals surface area contributed by atoms with Crippen LogP contribution in [0.3, 0.4) is 0 Å². The molecule has 192 valence electrons. The number of rotatable bonds is 9. The van der Waals surface area contributed by atoms with Gasteiger partial charge in [-0.1, -0.05) is 6.07 Å². The number of hydrogen-bond donors (Lipinski definition) is 1. The molecule has 2 aliphatic heterocycles. The quantitative estimate of drug-likeness (QED) is 0.528. The first-order chi connectivity index (χ1) is 16.8. The van der Waals surface area contributed by atoms with E-state index in [2.05, 4.69) is 10.2 Å². The summed E-state index contributed by atoms with van der Waals surface area (Å²) in [7, 11) is 4.71. The third-order valence-corrected chi connectivity index (χ3v) is 6.39. The van der Waals surface area contributed by atoms with Crippen molar-refractivity contribution in [2.75, 3.05) is 54.1 Å². The highest BCUT2D eigenvalue weighted by Crippen LogP contribution is 2.36. The lowest BCUT2D eigenvalue weighted by Gasteiger charge is -2.38. The minimum absolute atomic E-state index is 0.128. The number of benzene rings is 1. The van der Waals surface area contributed by atoms with Crippen molar-refractivity contribution >= 4 is 18.0 Å². The minimum Gasteiger partial charge on any atom is -0.493 e. The third-order valence-electron chi connectivity index (χ3n) is 6.39. The Balaban J connectivity index is 1.94. The zero-order chi connectivity index (χ0) is 25.5. The molecule has 0 saturated carbocycles. The molecule has 35 heavy (non-hydrogen) atoms. The van der Waals surface area contributed by atoms with Gasteiger partial charge < -0.3 is 24.3 Å². The molecule has 1 fully saturated rings. The van der Waals surface area contributed by atoms with Crippen LogP contribution in [0.25, 0.3) is 0 Å². The molecule has 3 rings (SSSR count). The standard InChI is InChI=1S/C25H35N3O7/c1-6-34-23(29)16-10-12-28(13-11-16)15-18-21(24(30)35-7-2)22(26-25(31)27(18)3)17-8-9-19(32-4)20(14-17)33-5/h8-9,14,16,22H,6-7,10-13,15H2,1-5H3,(H,26,31)/t22-/m0/s1. The van der Waals surface area contributed by atoms with E-state index >= 15 is 0 Å². The van der Waals surface area contributed by atoms with E-state index in [1.165, 1.54) is 12.0 Å². The Morgan fingerprint density at radius 3 is 2.29 bits per heavy atom. The molecule has 1 aromatic carbocycles. The molecule has 1 N–H and O–H groups in total. The Labute approximate surface area is 206 Å². The molecule has 1 aromatic rings. The molecule has 10 nitrogen and oxygen atoms in total. The van der Waals surface area contributed by atoms with E-state index in [4.69, 9.17) is 18.9 Å². The Hall–Kier alpha value is -3.27. The number of likely N-dealkylation sites (tertiary alicyclic amines) is 1. The van der Waals surface area contributed by atoms with Gasteiger partial charge in [0.2, 0.25) is 0 Å². The molecule has 10 heteroatoms. The molecule has 0 aromatic heterocycles. The summed E-state index contributed by atoms with van der Waals surface area (Å²) in [6.07, 6.45) is 1.33. The van der Waals surface area contributed by atoms with Crippen LogP contribution < -0.4 is 14.8 Å². The van der Waals surface area contributed by atoms with Gasteiger partial charge in [0.15, 0.2) is 11.5 Å². The van der Waals surface area contributed by atoms with Crippen molar-refractivity contribution in [1.82, 2.24) is 15.1 Å². The number of piperidine rings is 1. The summed E-state index contributed by atoms with van der Waals surface area (Å²) in [5, 5.41) is 2.92. The molecule has 2 amide bonds. The van der Waals surface area contributed by atoms with Gasteiger partial charge in [-0.05, 0) is 57.5 Å². The zero-order valence-corrected chi connectivity index (χ0v) is 21.1. The molecule has 0 aliphatic carbocycles. The number of amides is 2. The Morgan fingerprint density at radius 1 is 1.03 bits per heavy atom. The number of ether oxygens (including phenoxy) is 4. The summed E-state index contributed by atoms with van der Waals surface area (Å²) in [6.45, 7) is 5.80. The lowest BCUT2D eigenvalue weighted by molar-refractivity contribution is -0.149. The van der Waals surface area contributed by atoms with Crippen LogP contribution in [0, 0.1) is 5.92 Å². The van der Waals surface area contributed by atoms with E-state index in [-0.39, 0.29) is 24.5 Å². The zero-order valence-electron chi connectivity index (χ0n) is 21.1. The SMILES string of the molecule is CCOC(=O)C1=C(CN2CCC(C(=O)OCC)CC2)N(C)C(=O)N[C@H]1c1ccc(OC)c(OC)c1. The van der Waals surface area contributed by atoms with Crippen molar-refractivity contribution in [1.29, 1.82) is 0 Å². The van der Waals surface area contributed by atoms with Gasteiger partial charge in [0.25, 0.3) is 0 Å². The van der Waals surface area contributed by atoms with Crippen molar-refractivity contribution < 1.29 is 33.3 Å². The van der Waals surface area contributed by atoms with Crippen LogP contribution in [0.4, 0.5) is 4.79 Å². The number of carbonyl (C=O) groups excluding carboxylic acids is 3. The number of carbonyl (C=O) groups is 3. The summed E-state index contributed by atoms with van der Waals surface area (Å²) in [5.74, 6) is 0.249. The van der Waals surface area contributed by atoms with Gasteiger partial charge in [0, 0.05) is 19.3 Å². The molecular weight excluding hydrogens is 454 g/mol. The van der Waals surface area contributed by atoms with E-state index < -0.39 is 12.0 Å². The Bertz CT molecular complexity index is 970. The topological polar surface area (TPSA) is 107 Å². The highest BCUT2D eigenvalue weighted by Gasteiger charge is 2.38. The van der Waals surface area contributed by atoms with Crippen LogP contribution in [0.15, 0.2) is 29.5 Å². The Kier molecular flexibility index (Phi) is 8.97. The van der Waals surface area contributed by atoms with E-state index in [1.54, 1.807) is 46.2 Å². The number of hydrogen-bond acceptors (Lipinski definition) is 8. The van der Waals surface area contributed by atoms with Gasteiger partial charge >= 0.3 is 18.0 Å². The second kappa shape index (κ2) is 11.9. The first kappa shape index (κ1) is 26.3. The normalized spacial score (nSPS) is 19.3. The molecular formula is C25H35N3O7. The van der Waals surface area contributed by atoms with E-state index in [1.807, 2.05) is 0 Å². The molecule has 0 unspecified atom stereocenters. The minimum atomic E-state index is -0.718. The Morgan fingerprint density at radius 2 is 1.69 bits per heavy atom. The van der Waals surface area contributed by atoms with Gasteiger partial charge in [0.1, 0.15) is 0 Å². The van der Waals surface area contributed by atoms with Gasteiger partial charge in [-0.2, -0.15) is 0 Å². The van der Waals surface area contributed by atoms with Crippen molar-refractivity contribution in [2.45, 2.75) is 32.7 Å². The van der Waals surface area contributed by atoms with Crippen molar-refractivity contribution in [3.05, 3.63) is 35.0 Å². The summed E-state index contributed by atoms with van der Waals surface area (Å²) >= 11 is 0. The molecule has 0 spiro atoms. The lowest BCUT2D eigenvalue weighted by Crippen LogP contribution is -2.50. The highest BCUT2D eigenvalue weighted by molar-refractivity contribution is 5.95. The number of urea groups is 1. The number of nitrogens with one attached hydrogen (secondary N) is 1. The largest absolute Gasteiger partial charge is 0.493 e. The van der Waals surface area contributed by atoms with Gasteiger partial charge in [0.05, 0.1) is 45.0 Å². The summed E-state index contributed by atoms with van der Waals surface area (Å²) in [4.78, 5) is 41.8. The third kappa shape index (κ3) is 5.87. The van der Waals surface area contributed by atoms with Crippen LogP contribution in [0.2, 0.25) is 0 Å². The number of nitrogens with zero attached hydrogens (tertiary/aromatic N) is 2. The van der Waals surface area contributed by atoms with Crippen molar-refractivity contribution in [2.24, 2.45) is 5.92 Å². The first-order valence-corrected chi connectivity index (χ1v) is 11.9. The number of methoxy groups -OCH3 is 2. The molecule has 2 aliphatic rings. The molecule has 1 saturated heterocycles. The van der Waals surface area contributed by atoms with Crippen LogP contribution in [0.1, 0.15) is 38.3 Å². The van der Waals surface area contributed by atoms with Crippen molar-refractivity contribution in [3.63, 3.8) is 0 Å². The summed E-state index contributed by atoms with van der Waals surface area (Å²) in [6, 6.07) is 4.23. The van der Waals surface area contributed by atoms with E-state index in [0.29, 0.717) is 67.4 Å². The molecule has 1 atom stereocenters. The average Bonchev–Trinajstić information content (AvgIpc) is 2.86. The maximum Gasteiger partial charge on any atom is 0.338 e. The second-order valence-corrected chi connectivity index (χ2v) is 8.44. The fraction of sp³-hybridized carbons (Fsp3) is 0.560. The van der Waals surface area contributed by atoms with Crippen LogP contribution in [0.5, 0.6) is 11.5 Å². The fourth-order valence-electron chi connectivity index (χ4n) is 4.48. The molecule has 0 bridgehead atoms. The molecule has 0 radical (unpaired) electrons. The predicted octanol–water partition coefficient (Wildman–Crippen LogP) is 2.49. The monoisotopic (exact) mass is 489 g/mol. The predicted molar refractivity (Wildman–Crippen MR) is 128 cm³/mol. The maximum absolute atomic E-state index is 13.2. The van der Waals surface area contributed by atoms with E-state index in [0.717, 1.165) is 0 Å². The fourth-order valence-corrected chi connectivity index (χ4v) is 4.48. The second-order valence-electron chi connectivity index (χ2n) is 8.44. The highest BCUT2D eigenvalue weighted by atomic mass is 16.5. The van der Waals surface area contributed by atoms with Crippen molar-refractivity contribution in [3.8, 4) is 11.5 Å². The van der Waals surface area contributed by atoms with Crippen LogP contribution >= 0.6 is 0 Å². The van der Waals surface area contributed by atoms with Gasteiger partial charge in [-0.15, -0.1) is 0 Å². The number of likely N-dealkylation sites (N-methyl/N-ethyl adjacent to an activating group) is 1. The van der Waals surface area contributed by atoms with Gasteiger partial charge in [-0.25, -0.2) is 9.59 Å². The number of esters is 2. The van der Waals surface area contributed by atoms with Crippen LogP contribution in [-0.2, 0) is 19.1 Å². The van der Waals surface area contributed by atoms with Crippen LogP contribution in [-0.4, -0.2) is 81.9 Å². The molecule has 2 heterocycles. The summed E-state index contributed by atoms with van der Waals surface area (Å²) in [5.41, 5.74) is 1.61. The van der Waals surface area contributed by atoms with Gasteiger partial charge in [-0.3, -0.25) is 14.6 Å². The lowest BCUT2D eigenvalue weighted by atomic mass is 9.93. The van der Waals surface area contributed by atoms with E-state index in [9.17, 15) is 14.4 Å². The first-order valence-electron chi connectivity index (χ1n) is 11.9. The smallest absolute Gasteiger partial charge is 0.338 e. The average molecular weight is 490 g/mol.